The lowest BCUT2D eigenvalue weighted by Crippen LogP contribution is -2.19. The predicted octanol–water partition coefficient (Wildman–Crippen LogP) is 2.96. The van der Waals surface area contributed by atoms with Crippen LogP contribution in [0.1, 0.15) is 37.7 Å². The summed E-state index contributed by atoms with van der Waals surface area (Å²) in [5, 5.41) is 0. The average Bonchev–Trinajstić information content (AvgIpc) is 3.12. The third kappa shape index (κ3) is 2.62. The van der Waals surface area contributed by atoms with E-state index < -0.39 is 0 Å². The zero-order valence-corrected chi connectivity index (χ0v) is 11.5. The molecule has 0 bridgehead atoms. The number of ether oxygens (including phenoxy) is 2. The number of hydrogen-bond donors (Lipinski definition) is 0. The Bertz CT molecular complexity index is 493. The van der Waals surface area contributed by atoms with Crippen molar-refractivity contribution in [3.05, 3.63) is 29.8 Å². The van der Waals surface area contributed by atoms with Gasteiger partial charge in [0.1, 0.15) is 11.9 Å². The summed E-state index contributed by atoms with van der Waals surface area (Å²) in [6.07, 6.45) is 6.94. The van der Waals surface area contributed by atoms with E-state index in [1.54, 1.807) is 6.08 Å². The number of isocyanates is 1. The molecule has 0 N–H and O–H groups in total. The monoisotopic (exact) mass is 273 g/mol. The van der Waals surface area contributed by atoms with Crippen molar-refractivity contribution in [2.75, 3.05) is 13.2 Å². The van der Waals surface area contributed by atoms with Crippen LogP contribution in [0.4, 0.5) is 0 Å². The van der Waals surface area contributed by atoms with Gasteiger partial charge in [-0.1, -0.05) is 25.0 Å². The van der Waals surface area contributed by atoms with Gasteiger partial charge in [-0.15, -0.1) is 0 Å². The molecule has 1 aromatic rings. The first-order valence-electron chi connectivity index (χ1n) is 7.26. The first-order valence-corrected chi connectivity index (χ1v) is 7.26. The Balaban J connectivity index is 1.76. The Morgan fingerprint density at radius 3 is 2.60 bits per heavy atom. The third-order valence-electron chi connectivity index (χ3n) is 4.27. The van der Waals surface area contributed by atoms with Crippen molar-refractivity contribution in [2.45, 2.75) is 43.7 Å². The fraction of sp³-hybridized carbons (Fsp3) is 0.562. The van der Waals surface area contributed by atoms with E-state index in [9.17, 15) is 4.79 Å². The molecule has 1 saturated heterocycles. The average molecular weight is 273 g/mol. The molecule has 4 heteroatoms. The molecule has 3 rings (SSSR count). The molecule has 0 amide bonds. The topological polar surface area (TPSA) is 47.9 Å². The van der Waals surface area contributed by atoms with Crippen LogP contribution >= 0.6 is 0 Å². The molecule has 106 valence electrons. The van der Waals surface area contributed by atoms with E-state index in [0.717, 1.165) is 50.0 Å². The molecule has 1 saturated carbocycles. The fourth-order valence-electron chi connectivity index (χ4n) is 3.15. The number of benzene rings is 1. The number of rotatable bonds is 4. The summed E-state index contributed by atoms with van der Waals surface area (Å²) in [6, 6.07) is 7.98. The van der Waals surface area contributed by atoms with Gasteiger partial charge in [-0.25, -0.2) is 4.79 Å². The highest BCUT2D eigenvalue weighted by Gasteiger charge is 2.35. The molecule has 1 heterocycles. The van der Waals surface area contributed by atoms with E-state index in [1.165, 1.54) is 0 Å². The molecule has 2 aliphatic rings. The van der Waals surface area contributed by atoms with Crippen molar-refractivity contribution in [1.29, 1.82) is 0 Å². The summed E-state index contributed by atoms with van der Waals surface area (Å²) in [5.74, 6) is 0.854. The SMILES string of the molecule is O=C=NC1(c2ccc(OC3CCOC3)cc2)CCCC1. The Kier molecular flexibility index (Phi) is 3.86. The maximum Gasteiger partial charge on any atom is 0.235 e. The highest BCUT2D eigenvalue weighted by atomic mass is 16.5. The van der Waals surface area contributed by atoms with Crippen LogP contribution in [0.5, 0.6) is 5.75 Å². The van der Waals surface area contributed by atoms with E-state index in [-0.39, 0.29) is 11.6 Å². The van der Waals surface area contributed by atoms with Gasteiger partial charge in [0.15, 0.2) is 0 Å². The summed E-state index contributed by atoms with van der Waals surface area (Å²) in [6.45, 7) is 1.45. The van der Waals surface area contributed by atoms with E-state index in [2.05, 4.69) is 4.99 Å². The summed E-state index contributed by atoms with van der Waals surface area (Å²) in [4.78, 5) is 14.8. The lowest BCUT2D eigenvalue weighted by atomic mass is 9.89. The van der Waals surface area contributed by atoms with Crippen molar-refractivity contribution >= 4 is 6.08 Å². The molecule has 4 nitrogen and oxygen atoms in total. The smallest absolute Gasteiger partial charge is 0.235 e. The molecule has 0 aromatic heterocycles. The minimum atomic E-state index is -0.350. The van der Waals surface area contributed by atoms with E-state index >= 15 is 0 Å². The maximum absolute atomic E-state index is 10.7. The zero-order valence-electron chi connectivity index (χ0n) is 11.5. The zero-order chi connectivity index (χ0) is 13.8. The lowest BCUT2D eigenvalue weighted by Gasteiger charge is -2.23. The van der Waals surface area contributed by atoms with Gasteiger partial charge in [0.25, 0.3) is 0 Å². The Morgan fingerprint density at radius 2 is 2.00 bits per heavy atom. The van der Waals surface area contributed by atoms with Gasteiger partial charge in [0, 0.05) is 6.42 Å². The highest BCUT2D eigenvalue weighted by molar-refractivity contribution is 5.40. The van der Waals surface area contributed by atoms with Gasteiger partial charge >= 0.3 is 0 Å². The van der Waals surface area contributed by atoms with Crippen LogP contribution in [0, 0.1) is 0 Å². The summed E-state index contributed by atoms with van der Waals surface area (Å²) in [7, 11) is 0. The lowest BCUT2D eigenvalue weighted by molar-refractivity contribution is 0.141. The van der Waals surface area contributed by atoms with Crippen molar-refractivity contribution in [3.8, 4) is 5.75 Å². The Hall–Kier alpha value is -1.64. The van der Waals surface area contributed by atoms with E-state index in [4.69, 9.17) is 9.47 Å². The predicted molar refractivity (Wildman–Crippen MR) is 74.6 cm³/mol. The van der Waals surface area contributed by atoms with Crippen molar-refractivity contribution in [1.82, 2.24) is 0 Å². The van der Waals surface area contributed by atoms with Gasteiger partial charge in [-0.2, -0.15) is 4.99 Å². The molecule has 2 fully saturated rings. The molecular formula is C16H19NO3. The van der Waals surface area contributed by atoms with Crippen molar-refractivity contribution < 1.29 is 14.3 Å². The minimum Gasteiger partial charge on any atom is -0.488 e. The Labute approximate surface area is 118 Å². The molecule has 20 heavy (non-hydrogen) atoms. The third-order valence-corrected chi connectivity index (χ3v) is 4.27. The number of hydrogen-bond acceptors (Lipinski definition) is 4. The fourth-order valence-corrected chi connectivity index (χ4v) is 3.15. The molecule has 1 aliphatic carbocycles. The normalized spacial score (nSPS) is 24.3. The van der Waals surface area contributed by atoms with Gasteiger partial charge in [0.2, 0.25) is 6.08 Å². The molecule has 0 spiro atoms. The second-order valence-electron chi connectivity index (χ2n) is 5.57. The van der Waals surface area contributed by atoms with Crippen LogP contribution in [0.25, 0.3) is 0 Å². The number of nitrogens with zero attached hydrogens (tertiary/aromatic N) is 1. The molecule has 0 radical (unpaired) electrons. The van der Waals surface area contributed by atoms with E-state index in [1.807, 2.05) is 24.3 Å². The second kappa shape index (κ2) is 5.78. The molecule has 1 aromatic carbocycles. The van der Waals surface area contributed by atoms with Crippen molar-refractivity contribution in [2.24, 2.45) is 4.99 Å². The summed E-state index contributed by atoms with van der Waals surface area (Å²) < 4.78 is 11.2. The van der Waals surface area contributed by atoms with Crippen LogP contribution in [-0.4, -0.2) is 25.4 Å². The van der Waals surface area contributed by atoms with Crippen LogP contribution in [0.15, 0.2) is 29.3 Å². The standard InChI is InChI=1S/C16H19NO3/c18-12-17-16(8-1-2-9-16)13-3-5-14(6-4-13)20-15-7-10-19-11-15/h3-6,15H,1-2,7-11H2. The summed E-state index contributed by atoms with van der Waals surface area (Å²) in [5.41, 5.74) is 0.741. The van der Waals surface area contributed by atoms with Crippen LogP contribution < -0.4 is 4.74 Å². The van der Waals surface area contributed by atoms with Crippen molar-refractivity contribution in [3.63, 3.8) is 0 Å². The molecule has 1 atom stereocenters. The quantitative estimate of drug-likeness (QED) is 0.626. The molecule has 1 unspecified atom stereocenters. The van der Waals surface area contributed by atoms with Crippen LogP contribution in [0.2, 0.25) is 0 Å². The van der Waals surface area contributed by atoms with E-state index in [0.29, 0.717) is 6.61 Å². The Morgan fingerprint density at radius 1 is 1.25 bits per heavy atom. The van der Waals surface area contributed by atoms with Gasteiger partial charge in [-0.3, -0.25) is 0 Å². The molecular weight excluding hydrogens is 254 g/mol. The van der Waals surface area contributed by atoms with Gasteiger partial charge < -0.3 is 9.47 Å². The first kappa shape index (κ1) is 13.3. The minimum absolute atomic E-state index is 0.161. The number of aliphatic imine (C=N–C) groups is 1. The first-order chi connectivity index (χ1) is 9.82. The van der Waals surface area contributed by atoms with Crippen LogP contribution in [-0.2, 0) is 15.1 Å². The second-order valence-corrected chi connectivity index (χ2v) is 5.57. The maximum atomic E-state index is 10.7. The van der Waals surface area contributed by atoms with Crippen LogP contribution in [0.3, 0.4) is 0 Å². The highest BCUT2D eigenvalue weighted by Crippen LogP contribution is 2.42. The van der Waals surface area contributed by atoms with Gasteiger partial charge in [0.05, 0.1) is 18.8 Å². The largest absolute Gasteiger partial charge is 0.488 e. The number of carbonyl (C=O) groups excluding carboxylic acids is 1. The van der Waals surface area contributed by atoms with Gasteiger partial charge in [-0.05, 0) is 30.5 Å². The summed E-state index contributed by atoms with van der Waals surface area (Å²) >= 11 is 0. The molecule has 1 aliphatic heterocycles.